The quantitative estimate of drug-likeness (QED) is 0.695. The highest BCUT2D eigenvalue weighted by Gasteiger charge is 2.44. The molecule has 1 aliphatic rings. The molecule has 0 aromatic heterocycles. The predicted molar refractivity (Wildman–Crippen MR) is 76.3 cm³/mol. The number of esters is 1. The van der Waals surface area contributed by atoms with Crippen molar-refractivity contribution < 1.29 is 19.1 Å². The molecule has 1 fully saturated rings. The van der Waals surface area contributed by atoms with Crippen molar-refractivity contribution in [3.8, 4) is 6.07 Å². The van der Waals surface area contributed by atoms with E-state index in [9.17, 15) is 9.59 Å². The van der Waals surface area contributed by atoms with Gasteiger partial charge >= 0.3 is 12.1 Å². The van der Waals surface area contributed by atoms with Gasteiger partial charge in [-0.05, 0) is 54.4 Å². The van der Waals surface area contributed by atoms with Crippen LogP contribution in [-0.2, 0) is 14.3 Å². The summed E-state index contributed by atoms with van der Waals surface area (Å²) in [5.41, 5.74) is -1.32. The second-order valence-corrected chi connectivity index (χ2v) is 7.16. The molecule has 2 atom stereocenters. The van der Waals surface area contributed by atoms with Gasteiger partial charge in [0.15, 0.2) is 0 Å². The van der Waals surface area contributed by atoms with Crippen LogP contribution in [0.4, 0.5) is 4.79 Å². The number of likely N-dealkylation sites (tertiary alicyclic amines) is 1. The van der Waals surface area contributed by atoms with Crippen LogP contribution in [0.25, 0.3) is 0 Å². The number of ether oxygens (including phenoxy) is 2. The van der Waals surface area contributed by atoms with E-state index in [0.717, 1.165) is 0 Å². The van der Waals surface area contributed by atoms with Gasteiger partial charge in [0.2, 0.25) is 0 Å². The maximum Gasteiger partial charge on any atom is 0.412 e. The van der Waals surface area contributed by atoms with Crippen LogP contribution in [0.15, 0.2) is 0 Å². The number of nitriles is 1. The van der Waals surface area contributed by atoms with Crippen LogP contribution in [-0.4, -0.2) is 40.2 Å². The molecule has 0 aromatic rings. The highest BCUT2D eigenvalue weighted by atomic mass is 16.6. The normalized spacial score (nSPS) is 22.6. The van der Waals surface area contributed by atoms with Crippen LogP contribution in [0.3, 0.4) is 0 Å². The molecule has 6 nitrogen and oxygen atoms in total. The lowest BCUT2D eigenvalue weighted by molar-refractivity contribution is -0.160. The average Bonchev–Trinajstić information content (AvgIpc) is 2.67. The zero-order chi connectivity index (χ0) is 16.4. The summed E-state index contributed by atoms with van der Waals surface area (Å²) < 4.78 is 10.6. The van der Waals surface area contributed by atoms with Gasteiger partial charge in [-0.3, -0.25) is 4.90 Å². The molecule has 6 heteroatoms. The molecule has 21 heavy (non-hydrogen) atoms. The molecule has 0 unspecified atom stereocenters. The van der Waals surface area contributed by atoms with E-state index in [0.29, 0.717) is 12.8 Å². The number of nitrogens with zero attached hydrogens (tertiary/aromatic N) is 2. The van der Waals surface area contributed by atoms with Crippen molar-refractivity contribution in [3.05, 3.63) is 0 Å². The third-order valence-electron chi connectivity index (χ3n) is 2.82. The lowest BCUT2D eigenvalue weighted by Crippen LogP contribution is -2.48. The molecular formula is C15H24N2O4. The Morgan fingerprint density at radius 3 is 2.00 bits per heavy atom. The van der Waals surface area contributed by atoms with E-state index in [1.54, 1.807) is 41.5 Å². The summed E-state index contributed by atoms with van der Waals surface area (Å²) in [4.78, 5) is 25.7. The summed E-state index contributed by atoms with van der Waals surface area (Å²) in [5.74, 6) is -0.494. The van der Waals surface area contributed by atoms with E-state index in [-0.39, 0.29) is 0 Å². The molecule has 0 spiro atoms. The first-order valence-corrected chi connectivity index (χ1v) is 7.08. The molecule has 1 amide bonds. The van der Waals surface area contributed by atoms with Gasteiger partial charge in [0, 0.05) is 0 Å². The molecule has 1 rings (SSSR count). The lowest BCUT2D eigenvalue weighted by Gasteiger charge is -2.30. The van der Waals surface area contributed by atoms with E-state index in [1.807, 2.05) is 6.07 Å². The van der Waals surface area contributed by atoms with Gasteiger partial charge in [0.25, 0.3) is 0 Å². The Balaban J connectivity index is 2.91. The van der Waals surface area contributed by atoms with Crippen molar-refractivity contribution in [2.45, 2.75) is 77.7 Å². The number of carbonyl (C=O) groups is 2. The molecule has 0 bridgehead atoms. The van der Waals surface area contributed by atoms with Gasteiger partial charge in [-0.2, -0.15) is 5.26 Å². The summed E-state index contributed by atoms with van der Waals surface area (Å²) in [7, 11) is 0. The van der Waals surface area contributed by atoms with Crippen LogP contribution < -0.4 is 0 Å². The first-order valence-electron chi connectivity index (χ1n) is 7.08. The number of hydrogen-bond acceptors (Lipinski definition) is 5. The number of carbonyl (C=O) groups excluding carboxylic acids is 2. The monoisotopic (exact) mass is 296 g/mol. The highest BCUT2D eigenvalue weighted by molar-refractivity contribution is 5.83. The van der Waals surface area contributed by atoms with Gasteiger partial charge < -0.3 is 9.47 Å². The Morgan fingerprint density at radius 1 is 1.05 bits per heavy atom. The fraction of sp³-hybridized carbons (Fsp3) is 0.800. The molecule has 0 saturated carbocycles. The van der Waals surface area contributed by atoms with E-state index in [2.05, 4.69) is 0 Å². The summed E-state index contributed by atoms with van der Waals surface area (Å²) in [6.07, 6.45) is 0.203. The summed E-state index contributed by atoms with van der Waals surface area (Å²) >= 11 is 0. The van der Waals surface area contributed by atoms with Crippen LogP contribution in [0.1, 0.15) is 54.4 Å². The second kappa shape index (κ2) is 5.92. The third-order valence-corrected chi connectivity index (χ3v) is 2.82. The van der Waals surface area contributed by atoms with Crippen molar-refractivity contribution in [3.63, 3.8) is 0 Å². The minimum atomic E-state index is -0.760. The minimum absolute atomic E-state index is 0.409. The van der Waals surface area contributed by atoms with Gasteiger partial charge in [0.05, 0.1) is 6.07 Å². The van der Waals surface area contributed by atoms with E-state index >= 15 is 0 Å². The van der Waals surface area contributed by atoms with E-state index in [1.165, 1.54) is 4.90 Å². The topological polar surface area (TPSA) is 79.6 Å². The molecule has 1 heterocycles. The molecule has 0 aliphatic carbocycles. The highest BCUT2D eigenvalue weighted by Crippen LogP contribution is 2.28. The standard InChI is InChI=1S/C15H24N2O4/c1-14(2,3)20-12(18)11-8-7-10(9-16)17(11)13(19)21-15(4,5)6/h10-11H,7-8H2,1-6H3/t10-,11-/m0/s1. The number of rotatable bonds is 1. The SMILES string of the molecule is CC(C)(C)OC(=O)[C@@H]1CC[C@@H](C#N)N1C(=O)OC(C)(C)C. The van der Waals surface area contributed by atoms with Gasteiger partial charge in [-0.1, -0.05) is 0 Å². The molecule has 0 N–H and O–H groups in total. The molecule has 1 saturated heterocycles. The zero-order valence-electron chi connectivity index (χ0n) is 13.6. The largest absolute Gasteiger partial charge is 0.458 e. The van der Waals surface area contributed by atoms with Crippen LogP contribution in [0.5, 0.6) is 0 Å². The fourth-order valence-electron chi connectivity index (χ4n) is 2.11. The Morgan fingerprint density at radius 2 is 1.57 bits per heavy atom. The maximum absolute atomic E-state index is 12.3. The Bertz CT molecular complexity index is 454. The Labute approximate surface area is 126 Å². The molecular weight excluding hydrogens is 272 g/mol. The van der Waals surface area contributed by atoms with Crippen molar-refractivity contribution in [2.75, 3.05) is 0 Å². The summed E-state index contributed by atoms with van der Waals surface area (Å²) in [5, 5.41) is 9.16. The van der Waals surface area contributed by atoms with Gasteiger partial charge in [-0.15, -0.1) is 0 Å². The third kappa shape index (κ3) is 4.92. The van der Waals surface area contributed by atoms with Crippen molar-refractivity contribution in [2.24, 2.45) is 0 Å². The van der Waals surface area contributed by atoms with Crippen LogP contribution in [0, 0.1) is 11.3 Å². The van der Waals surface area contributed by atoms with E-state index in [4.69, 9.17) is 14.7 Å². The van der Waals surface area contributed by atoms with Crippen molar-refractivity contribution in [1.29, 1.82) is 5.26 Å². The first kappa shape index (κ1) is 17.3. The first-order chi connectivity index (χ1) is 9.44. The van der Waals surface area contributed by atoms with Gasteiger partial charge in [0.1, 0.15) is 23.3 Å². The second-order valence-electron chi connectivity index (χ2n) is 7.16. The molecule has 1 aliphatic heterocycles. The maximum atomic E-state index is 12.3. The van der Waals surface area contributed by atoms with Crippen molar-refractivity contribution in [1.82, 2.24) is 4.90 Å². The number of amides is 1. The molecule has 0 aromatic carbocycles. The Hall–Kier alpha value is -1.77. The van der Waals surface area contributed by atoms with Gasteiger partial charge in [-0.25, -0.2) is 9.59 Å². The van der Waals surface area contributed by atoms with Crippen LogP contribution in [0.2, 0.25) is 0 Å². The minimum Gasteiger partial charge on any atom is -0.458 e. The predicted octanol–water partition coefficient (Wildman–Crippen LogP) is 2.62. The summed E-state index contributed by atoms with van der Waals surface area (Å²) in [6.45, 7) is 10.5. The van der Waals surface area contributed by atoms with E-state index < -0.39 is 35.3 Å². The number of hydrogen-bond donors (Lipinski definition) is 0. The smallest absolute Gasteiger partial charge is 0.412 e. The molecule has 118 valence electrons. The molecule has 0 radical (unpaired) electrons. The van der Waals surface area contributed by atoms with Crippen molar-refractivity contribution >= 4 is 12.1 Å². The lowest BCUT2D eigenvalue weighted by atomic mass is 10.1. The Kier molecular flexibility index (Phi) is 4.87. The summed E-state index contributed by atoms with van der Waals surface area (Å²) in [6, 6.07) is 0.630. The average molecular weight is 296 g/mol. The van der Waals surface area contributed by atoms with Crippen LogP contribution >= 0.6 is 0 Å². The fourth-order valence-corrected chi connectivity index (χ4v) is 2.11. The zero-order valence-corrected chi connectivity index (χ0v) is 13.6.